The van der Waals surface area contributed by atoms with Gasteiger partial charge in [-0.25, -0.2) is 9.18 Å². The van der Waals surface area contributed by atoms with Crippen LogP contribution in [0.4, 0.5) is 14.9 Å². The van der Waals surface area contributed by atoms with Crippen LogP contribution >= 0.6 is 11.6 Å². The zero-order chi connectivity index (χ0) is 18.0. The molecule has 1 atom stereocenters. The number of rotatable bonds is 3. The highest BCUT2D eigenvalue weighted by Gasteiger charge is 2.30. The number of anilines is 1. The van der Waals surface area contributed by atoms with Crippen LogP contribution in [0.3, 0.4) is 0 Å². The van der Waals surface area contributed by atoms with Gasteiger partial charge in [0.1, 0.15) is 5.82 Å². The van der Waals surface area contributed by atoms with E-state index in [4.69, 9.17) is 16.7 Å². The van der Waals surface area contributed by atoms with Gasteiger partial charge in [-0.05, 0) is 37.5 Å². The number of carbonyl (C=O) groups excluding carboxylic acids is 1. The van der Waals surface area contributed by atoms with E-state index in [0.29, 0.717) is 32.5 Å². The molecule has 2 saturated heterocycles. The summed E-state index contributed by atoms with van der Waals surface area (Å²) in [6.07, 6.45) is 1.79. The van der Waals surface area contributed by atoms with Crippen LogP contribution in [-0.4, -0.2) is 54.2 Å². The molecule has 1 aromatic carbocycles. The number of halogens is 2. The van der Waals surface area contributed by atoms with Crippen LogP contribution in [0.15, 0.2) is 18.2 Å². The van der Waals surface area contributed by atoms with Crippen molar-refractivity contribution in [2.75, 3.05) is 31.1 Å². The highest BCUT2D eigenvalue weighted by Crippen LogP contribution is 2.26. The van der Waals surface area contributed by atoms with E-state index in [1.54, 1.807) is 17.0 Å². The van der Waals surface area contributed by atoms with Gasteiger partial charge < -0.3 is 20.2 Å². The number of amides is 2. The molecule has 25 heavy (non-hydrogen) atoms. The lowest BCUT2D eigenvalue weighted by Crippen LogP contribution is -2.49. The minimum Gasteiger partial charge on any atom is -0.481 e. The van der Waals surface area contributed by atoms with Crippen LogP contribution in [0.25, 0.3) is 0 Å². The molecule has 6 nitrogen and oxygen atoms in total. The Morgan fingerprint density at radius 2 is 1.92 bits per heavy atom. The van der Waals surface area contributed by atoms with Gasteiger partial charge in [-0.1, -0.05) is 11.6 Å². The van der Waals surface area contributed by atoms with Crippen LogP contribution in [0, 0.1) is 11.7 Å². The topological polar surface area (TPSA) is 72.9 Å². The summed E-state index contributed by atoms with van der Waals surface area (Å²) in [5.74, 6) is -1.59. The molecule has 0 aliphatic carbocycles. The van der Waals surface area contributed by atoms with Gasteiger partial charge in [0.15, 0.2) is 0 Å². The minimum absolute atomic E-state index is 0.00789. The molecule has 3 rings (SSSR count). The molecule has 8 heteroatoms. The average Bonchev–Trinajstić information content (AvgIpc) is 3.06. The standard InChI is InChI=1S/C17H21ClFN3O3/c18-14-9-13(1-2-15(14)19)22-8-5-12(10-22)20-17(25)21-6-3-11(4-7-21)16(23)24/h1-2,9,11-12H,3-8,10H2,(H,20,25)(H,23,24). The van der Waals surface area contributed by atoms with Crippen LogP contribution in [0.2, 0.25) is 5.02 Å². The Morgan fingerprint density at radius 3 is 2.56 bits per heavy atom. The number of hydrogen-bond acceptors (Lipinski definition) is 3. The van der Waals surface area contributed by atoms with Crippen molar-refractivity contribution >= 4 is 29.3 Å². The van der Waals surface area contributed by atoms with Crippen LogP contribution in [-0.2, 0) is 4.79 Å². The summed E-state index contributed by atoms with van der Waals surface area (Å²) in [6, 6.07) is 4.48. The van der Waals surface area contributed by atoms with Crippen molar-refractivity contribution in [3.8, 4) is 0 Å². The lowest BCUT2D eigenvalue weighted by atomic mass is 9.97. The third kappa shape index (κ3) is 4.15. The summed E-state index contributed by atoms with van der Waals surface area (Å²) in [6.45, 7) is 2.33. The maximum absolute atomic E-state index is 13.3. The lowest BCUT2D eigenvalue weighted by Gasteiger charge is -2.31. The molecular weight excluding hydrogens is 349 g/mol. The van der Waals surface area contributed by atoms with Gasteiger partial charge in [-0.2, -0.15) is 0 Å². The smallest absolute Gasteiger partial charge is 0.317 e. The third-order valence-electron chi connectivity index (χ3n) is 4.92. The number of urea groups is 1. The molecule has 0 bridgehead atoms. The second-order valence-electron chi connectivity index (χ2n) is 6.58. The van der Waals surface area contributed by atoms with Crippen LogP contribution < -0.4 is 10.2 Å². The van der Waals surface area contributed by atoms with Gasteiger partial charge in [-0.15, -0.1) is 0 Å². The number of piperidine rings is 1. The van der Waals surface area contributed by atoms with E-state index in [1.165, 1.54) is 6.07 Å². The summed E-state index contributed by atoms with van der Waals surface area (Å²) in [7, 11) is 0. The predicted molar refractivity (Wildman–Crippen MR) is 92.5 cm³/mol. The lowest BCUT2D eigenvalue weighted by molar-refractivity contribution is -0.143. The number of nitrogens with zero attached hydrogens (tertiary/aromatic N) is 2. The van der Waals surface area contributed by atoms with E-state index in [1.807, 2.05) is 0 Å². The van der Waals surface area contributed by atoms with E-state index < -0.39 is 11.8 Å². The maximum Gasteiger partial charge on any atom is 0.317 e. The highest BCUT2D eigenvalue weighted by molar-refractivity contribution is 6.31. The van der Waals surface area contributed by atoms with E-state index in [0.717, 1.165) is 18.7 Å². The number of aliphatic carboxylic acids is 1. The molecule has 136 valence electrons. The molecule has 2 fully saturated rings. The van der Waals surface area contributed by atoms with Gasteiger partial charge in [0, 0.05) is 37.9 Å². The monoisotopic (exact) mass is 369 g/mol. The van der Waals surface area contributed by atoms with E-state index in [-0.39, 0.29) is 23.0 Å². The number of likely N-dealkylation sites (tertiary alicyclic amines) is 1. The first-order valence-electron chi connectivity index (χ1n) is 8.42. The molecule has 0 spiro atoms. The zero-order valence-electron chi connectivity index (χ0n) is 13.8. The fraction of sp³-hybridized carbons (Fsp3) is 0.529. The van der Waals surface area contributed by atoms with Crippen molar-refractivity contribution < 1.29 is 19.1 Å². The Balaban J connectivity index is 1.50. The van der Waals surface area contributed by atoms with Crippen LogP contribution in [0.1, 0.15) is 19.3 Å². The van der Waals surface area contributed by atoms with Crippen molar-refractivity contribution in [1.82, 2.24) is 10.2 Å². The molecule has 0 aromatic heterocycles. The number of carboxylic acid groups (broad SMARTS) is 1. The van der Waals surface area contributed by atoms with Crippen molar-refractivity contribution in [2.45, 2.75) is 25.3 Å². The van der Waals surface area contributed by atoms with E-state index in [9.17, 15) is 14.0 Å². The first kappa shape index (κ1) is 17.8. The van der Waals surface area contributed by atoms with E-state index >= 15 is 0 Å². The molecule has 2 heterocycles. The Labute approximate surface area is 150 Å². The number of hydrogen-bond donors (Lipinski definition) is 2. The molecular formula is C17H21ClFN3O3. The number of carbonyl (C=O) groups is 2. The van der Waals surface area contributed by atoms with Gasteiger partial charge in [0.05, 0.1) is 10.9 Å². The van der Waals surface area contributed by atoms with E-state index in [2.05, 4.69) is 10.2 Å². The molecule has 1 aromatic rings. The van der Waals surface area contributed by atoms with Crippen molar-refractivity contribution in [3.05, 3.63) is 29.0 Å². The fourth-order valence-electron chi connectivity index (χ4n) is 3.39. The van der Waals surface area contributed by atoms with Crippen LogP contribution in [0.5, 0.6) is 0 Å². The zero-order valence-corrected chi connectivity index (χ0v) is 14.5. The quantitative estimate of drug-likeness (QED) is 0.858. The Kier molecular flexibility index (Phi) is 5.32. The van der Waals surface area contributed by atoms with Gasteiger partial charge in [-0.3, -0.25) is 4.79 Å². The van der Waals surface area contributed by atoms with Crippen molar-refractivity contribution in [3.63, 3.8) is 0 Å². The normalized spacial score (nSPS) is 21.4. The largest absolute Gasteiger partial charge is 0.481 e. The summed E-state index contributed by atoms with van der Waals surface area (Å²) in [5.41, 5.74) is 0.838. The number of benzene rings is 1. The second-order valence-corrected chi connectivity index (χ2v) is 6.99. The van der Waals surface area contributed by atoms with Gasteiger partial charge in [0.25, 0.3) is 0 Å². The van der Waals surface area contributed by atoms with Gasteiger partial charge >= 0.3 is 12.0 Å². The predicted octanol–water partition coefficient (Wildman–Crippen LogP) is 2.56. The highest BCUT2D eigenvalue weighted by atomic mass is 35.5. The summed E-state index contributed by atoms with van der Waals surface area (Å²) < 4.78 is 13.3. The number of nitrogens with one attached hydrogen (secondary N) is 1. The maximum atomic E-state index is 13.3. The van der Waals surface area contributed by atoms with Crippen molar-refractivity contribution in [2.24, 2.45) is 5.92 Å². The SMILES string of the molecule is O=C(O)C1CCN(C(=O)NC2CCN(c3ccc(F)c(Cl)c3)C2)CC1. The van der Waals surface area contributed by atoms with Crippen molar-refractivity contribution in [1.29, 1.82) is 0 Å². The molecule has 2 N–H and O–H groups in total. The molecule has 2 amide bonds. The molecule has 2 aliphatic rings. The molecule has 0 radical (unpaired) electrons. The summed E-state index contributed by atoms with van der Waals surface area (Å²) >= 11 is 5.83. The Hall–Kier alpha value is -2.02. The van der Waals surface area contributed by atoms with Gasteiger partial charge in [0.2, 0.25) is 0 Å². The number of carboxylic acids is 1. The first-order valence-corrected chi connectivity index (χ1v) is 8.80. The second kappa shape index (κ2) is 7.47. The fourth-order valence-corrected chi connectivity index (χ4v) is 3.56. The average molecular weight is 370 g/mol. The molecule has 2 aliphatic heterocycles. The third-order valence-corrected chi connectivity index (χ3v) is 5.21. The molecule has 0 saturated carbocycles. The first-order chi connectivity index (χ1) is 11.9. The summed E-state index contributed by atoms with van der Waals surface area (Å²) in [5, 5.41) is 12.1. The molecule has 1 unspecified atom stereocenters. The minimum atomic E-state index is -0.788. The Morgan fingerprint density at radius 1 is 1.20 bits per heavy atom. The Bertz CT molecular complexity index is 665. The summed E-state index contributed by atoms with van der Waals surface area (Å²) in [4.78, 5) is 27.1.